The van der Waals surface area contributed by atoms with Crippen LogP contribution in [0.5, 0.6) is 0 Å². The fourth-order valence-corrected chi connectivity index (χ4v) is 3.28. The highest BCUT2D eigenvalue weighted by atomic mass is 32.2. The third-order valence-corrected chi connectivity index (χ3v) is 4.97. The number of nitrogens with zero attached hydrogens (tertiary/aromatic N) is 1. The molecule has 0 radical (unpaired) electrons. The Morgan fingerprint density at radius 2 is 1.48 bits per heavy atom. The first-order valence-electron chi connectivity index (χ1n) is 7.99. The fourth-order valence-electron chi connectivity index (χ4n) is 2.28. The number of rotatable bonds is 7. The fraction of sp³-hybridized carbons (Fsp3) is 0.105. The number of hydrogen-bond acceptors (Lipinski definition) is 4. The van der Waals surface area contributed by atoms with E-state index in [9.17, 15) is 17.2 Å². The van der Waals surface area contributed by atoms with E-state index in [1.807, 2.05) is 0 Å². The van der Waals surface area contributed by atoms with Gasteiger partial charge in [0.1, 0.15) is 17.5 Å². The van der Waals surface area contributed by atoms with Gasteiger partial charge in [-0.2, -0.15) is 0 Å². The number of benzene rings is 2. The van der Waals surface area contributed by atoms with Crippen LogP contribution in [-0.4, -0.2) is 13.4 Å². The van der Waals surface area contributed by atoms with E-state index in [0.29, 0.717) is 5.69 Å². The molecule has 3 rings (SSSR count). The molecular formula is C19H16F2N2O3S. The Hall–Kier alpha value is -2.84. The Morgan fingerprint density at radius 1 is 0.852 bits per heavy atom. The lowest BCUT2D eigenvalue weighted by Crippen LogP contribution is -2.14. The molecule has 1 N–H and O–H groups in total. The molecule has 0 amide bonds. The largest absolute Gasteiger partial charge is 0.370 e. The predicted octanol–water partition coefficient (Wildman–Crippen LogP) is 3.88. The van der Waals surface area contributed by atoms with Gasteiger partial charge in [0.25, 0.3) is 10.0 Å². The van der Waals surface area contributed by atoms with E-state index >= 15 is 0 Å². The van der Waals surface area contributed by atoms with Gasteiger partial charge in [0.05, 0.1) is 23.8 Å². The Morgan fingerprint density at radius 3 is 2.15 bits per heavy atom. The second kappa shape index (κ2) is 8.24. The van der Waals surface area contributed by atoms with Gasteiger partial charge in [-0.15, -0.1) is 0 Å². The molecule has 1 aromatic heterocycles. The Labute approximate surface area is 155 Å². The standard InChI is InChI=1S/C19H16F2N2O3S/c20-15-6-4-14(5-7-15)12-26-13-17-2-1-3-19(22-17)23-27(24,25)18-10-8-16(21)9-11-18/h1-11H,12-13H2,(H,22,23). The highest BCUT2D eigenvalue weighted by Gasteiger charge is 2.15. The van der Waals surface area contributed by atoms with Crippen LogP contribution in [0.15, 0.2) is 71.6 Å². The smallest absolute Gasteiger partial charge is 0.263 e. The summed E-state index contributed by atoms with van der Waals surface area (Å²) in [5.41, 5.74) is 1.33. The molecule has 1 heterocycles. The average Bonchev–Trinajstić information content (AvgIpc) is 2.64. The van der Waals surface area contributed by atoms with Crippen molar-refractivity contribution in [1.82, 2.24) is 4.98 Å². The van der Waals surface area contributed by atoms with Crippen LogP contribution in [-0.2, 0) is 28.0 Å². The number of sulfonamides is 1. The lowest BCUT2D eigenvalue weighted by Gasteiger charge is -2.09. The molecule has 3 aromatic rings. The van der Waals surface area contributed by atoms with Gasteiger partial charge in [-0.3, -0.25) is 4.72 Å². The zero-order chi connectivity index (χ0) is 19.3. The third-order valence-electron chi connectivity index (χ3n) is 3.60. The molecule has 27 heavy (non-hydrogen) atoms. The summed E-state index contributed by atoms with van der Waals surface area (Å²) in [5, 5.41) is 0. The zero-order valence-corrected chi connectivity index (χ0v) is 14.9. The molecule has 0 unspecified atom stereocenters. The molecule has 8 heteroatoms. The molecule has 2 aromatic carbocycles. The van der Waals surface area contributed by atoms with Crippen molar-refractivity contribution < 1.29 is 21.9 Å². The second-order valence-corrected chi connectivity index (χ2v) is 7.38. The minimum Gasteiger partial charge on any atom is -0.370 e. The van der Waals surface area contributed by atoms with E-state index in [1.165, 1.54) is 30.3 Å². The van der Waals surface area contributed by atoms with Gasteiger partial charge < -0.3 is 4.74 Å². The van der Waals surface area contributed by atoms with E-state index in [0.717, 1.165) is 17.7 Å². The van der Waals surface area contributed by atoms with E-state index in [4.69, 9.17) is 4.74 Å². The summed E-state index contributed by atoms with van der Waals surface area (Å²) < 4.78 is 58.3. The van der Waals surface area contributed by atoms with Crippen molar-refractivity contribution in [3.63, 3.8) is 0 Å². The van der Waals surface area contributed by atoms with Crippen LogP contribution in [0.2, 0.25) is 0 Å². The minimum atomic E-state index is -3.87. The van der Waals surface area contributed by atoms with Gasteiger partial charge in [-0.1, -0.05) is 18.2 Å². The molecule has 0 aliphatic carbocycles. The molecule has 0 bridgehead atoms. The van der Waals surface area contributed by atoms with Gasteiger partial charge in [0.2, 0.25) is 0 Å². The number of anilines is 1. The molecule has 5 nitrogen and oxygen atoms in total. The summed E-state index contributed by atoms with van der Waals surface area (Å²) >= 11 is 0. The third kappa shape index (κ3) is 5.32. The molecular weight excluding hydrogens is 374 g/mol. The molecule has 0 spiro atoms. The Balaban J connectivity index is 1.63. The van der Waals surface area contributed by atoms with E-state index < -0.39 is 15.8 Å². The van der Waals surface area contributed by atoms with Crippen molar-refractivity contribution in [2.24, 2.45) is 0 Å². The molecule has 0 fully saturated rings. The molecule has 0 saturated heterocycles. The van der Waals surface area contributed by atoms with Gasteiger partial charge >= 0.3 is 0 Å². The quantitative estimate of drug-likeness (QED) is 0.665. The number of nitrogens with one attached hydrogen (secondary N) is 1. The zero-order valence-electron chi connectivity index (χ0n) is 14.1. The maximum absolute atomic E-state index is 13.0. The number of hydrogen-bond donors (Lipinski definition) is 1. The Bertz CT molecular complexity index is 1010. The highest BCUT2D eigenvalue weighted by molar-refractivity contribution is 7.92. The summed E-state index contributed by atoms with van der Waals surface area (Å²) in [7, 11) is -3.87. The maximum Gasteiger partial charge on any atom is 0.263 e. The normalized spacial score (nSPS) is 11.3. The summed E-state index contributed by atoms with van der Waals surface area (Å²) in [4.78, 5) is 4.13. The van der Waals surface area contributed by atoms with Crippen molar-refractivity contribution >= 4 is 15.8 Å². The van der Waals surface area contributed by atoms with Gasteiger partial charge in [-0.05, 0) is 54.1 Å². The van der Waals surface area contributed by atoms with Crippen LogP contribution in [0.1, 0.15) is 11.3 Å². The van der Waals surface area contributed by atoms with E-state index in [-0.39, 0.29) is 29.7 Å². The van der Waals surface area contributed by atoms with Crippen molar-refractivity contribution in [1.29, 1.82) is 0 Å². The minimum absolute atomic E-state index is 0.0661. The Kier molecular flexibility index (Phi) is 5.78. The van der Waals surface area contributed by atoms with E-state index in [1.54, 1.807) is 24.3 Å². The van der Waals surface area contributed by atoms with Crippen LogP contribution in [0.3, 0.4) is 0 Å². The molecule has 0 saturated carbocycles. The van der Waals surface area contributed by atoms with Crippen LogP contribution in [0, 0.1) is 11.6 Å². The summed E-state index contributed by atoms with van der Waals surface area (Å²) in [6.07, 6.45) is 0. The predicted molar refractivity (Wildman–Crippen MR) is 96.3 cm³/mol. The van der Waals surface area contributed by atoms with Crippen LogP contribution < -0.4 is 4.72 Å². The highest BCUT2D eigenvalue weighted by Crippen LogP contribution is 2.16. The van der Waals surface area contributed by atoms with Gasteiger partial charge in [-0.25, -0.2) is 22.2 Å². The second-order valence-electron chi connectivity index (χ2n) is 5.69. The van der Waals surface area contributed by atoms with E-state index in [2.05, 4.69) is 9.71 Å². The maximum atomic E-state index is 13.0. The van der Waals surface area contributed by atoms with Crippen LogP contribution in [0.4, 0.5) is 14.6 Å². The summed E-state index contributed by atoms with van der Waals surface area (Å²) in [6.45, 7) is 0.428. The van der Waals surface area contributed by atoms with Crippen molar-refractivity contribution in [3.8, 4) is 0 Å². The van der Waals surface area contributed by atoms with Crippen LogP contribution >= 0.6 is 0 Å². The number of halogens is 2. The first-order chi connectivity index (χ1) is 12.9. The first-order valence-corrected chi connectivity index (χ1v) is 9.47. The topological polar surface area (TPSA) is 68.3 Å². The first kappa shape index (κ1) is 18.9. The summed E-state index contributed by atoms with van der Waals surface area (Å²) in [5.74, 6) is -0.712. The molecule has 0 aliphatic heterocycles. The van der Waals surface area contributed by atoms with Crippen LogP contribution in [0.25, 0.3) is 0 Å². The molecule has 0 aliphatic rings. The van der Waals surface area contributed by atoms with Crippen molar-refractivity contribution in [2.75, 3.05) is 4.72 Å². The summed E-state index contributed by atoms with van der Waals surface area (Å²) in [6, 6.07) is 15.3. The van der Waals surface area contributed by atoms with Crippen molar-refractivity contribution in [2.45, 2.75) is 18.1 Å². The monoisotopic (exact) mass is 390 g/mol. The van der Waals surface area contributed by atoms with Crippen molar-refractivity contribution in [3.05, 3.63) is 89.6 Å². The van der Waals surface area contributed by atoms with Gasteiger partial charge in [0, 0.05) is 0 Å². The number of aromatic nitrogens is 1. The number of ether oxygens (including phenoxy) is 1. The lowest BCUT2D eigenvalue weighted by atomic mass is 10.2. The molecule has 0 atom stereocenters. The average molecular weight is 390 g/mol. The SMILES string of the molecule is O=S(=O)(Nc1cccc(COCc2ccc(F)cc2)n1)c1ccc(F)cc1. The van der Waals surface area contributed by atoms with Gasteiger partial charge in [0.15, 0.2) is 0 Å². The molecule has 140 valence electrons. The lowest BCUT2D eigenvalue weighted by molar-refractivity contribution is 0.104. The number of pyridine rings is 1.